The summed E-state index contributed by atoms with van der Waals surface area (Å²) in [5.74, 6) is -1.90. The van der Waals surface area contributed by atoms with Crippen molar-refractivity contribution in [2.24, 2.45) is 0 Å². The molecule has 0 atom stereocenters. The highest BCUT2D eigenvalue weighted by Gasteiger charge is 2.23. The van der Waals surface area contributed by atoms with Crippen LogP contribution in [0.2, 0.25) is 0 Å². The number of carbonyl (C=O) groups excluding carboxylic acids is 1. The lowest BCUT2D eigenvalue weighted by atomic mass is 9.95. The van der Waals surface area contributed by atoms with Gasteiger partial charge in [0.1, 0.15) is 40.5 Å². The van der Waals surface area contributed by atoms with Crippen molar-refractivity contribution in [2.75, 3.05) is 5.73 Å². The van der Waals surface area contributed by atoms with Crippen LogP contribution in [-0.4, -0.2) is 16.6 Å². The molecule has 0 radical (unpaired) electrons. The van der Waals surface area contributed by atoms with E-state index in [4.69, 9.17) is 10.5 Å². The number of H-pyrrole nitrogens is 1. The van der Waals surface area contributed by atoms with Crippen molar-refractivity contribution >= 4 is 11.8 Å². The number of aromatic nitrogens is 1. The molecule has 0 unspecified atom stereocenters. The Morgan fingerprint density at radius 1 is 1.23 bits per heavy atom. The van der Waals surface area contributed by atoms with Gasteiger partial charge in [-0.05, 0) is 32.9 Å². The number of hydrogen-bond acceptors (Lipinski definition) is 6. The topological polar surface area (TPSA) is 133 Å². The maximum absolute atomic E-state index is 14.6. The number of aromatic amines is 1. The number of nitrogen functional groups attached to an aromatic ring is 1. The average molecular weight is 354 g/mol. The van der Waals surface area contributed by atoms with E-state index >= 15 is 0 Å². The van der Waals surface area contributed by atoms with Gasteiger partial charge < -0.3 is 15.5 Å². The highest BCUT2D eigenvalue weighted by atomic mass is 19.1. The second kappa shape index (κ2) is 6.69. The maximum Gasteiger partial charge on any atom is 0.338 e. The fourth-order valence-electron chi connectivity index (χ4n) is 2.29. The van der Waals surface area contributed by atoms with E-state index in [9.17, 15) is 24.5 Å². The van der Waals surface area contributed by atoms with Gasteiger partial charge in [-0.2, -0.15) is 10.5 Å². The summed E-state index contributed by atoms with van der Waals surface area (Å²) in [5, 5.41) is 18.5. The number of ether oxygens (including phenoxy) is 1. The van der Waals surface area contributed by atoms with Crippen LogP contribution >= 0.6 is 0 Å². The van der Waals surface area contributed by atoms with E-state index in [0.29, 0.717) is 0 Å². The van der Waals surface area contributed by atoms with Crippen molar-refractivity contribution < 1.29 is 13.9 Å². The molecule has 8 heteroatoms. The Kier molecular flexibility index (Phi) is 4.81. The zero-order valence-corrected chi connectivity index (χ0v) is 14.3. The Morgan fingerprint density at radius 2 is 1.85 bits per heavy atom. The van der Waals surface area contributed by atoms with Gasteiger partial charge in [-0.3, -0.25) is 4.79 Å². The standard InChI is InChI=1S/C18H15FN4O3/c1-18(2,3)26-17(25)9-4-5-10(13(19)6-9)14-11(7-20)15(22)23-16(24)12(14)8-21/h4-6H,1-3H3,(H3,22,23,24). The third-order valence-electron chi connectivity index (χ3n) is 3.34. The Labute approximate surface area is 148 Å². The molecule has 3 N–H and O–H groups in total. The number of nitrogens with one attached hydrogen (secondary N) is 1. The number of esters is 1. The van der Waals surface area contributed by atoms with E-state index < -0.39 is 28.5 Å². The molecule has 1 heterocycles. The second-order valence-electron chi connectivity index (χ2n) is 6.41. The van der Waals surface area contributed by atoms with Gasteiger partial charge in [-0.25, -0.2) is 9.18 Å². The number of benzene rings is 1. The molecule has 2 rings (SSSR count). The minimum Gasteiger partial charge on any atom is -0.456 e. The number of nitriles is 2. The van der Waals surface area contributed by atoms with Gasteiger partial charge in [-0.1, -0.05) is 6.07 Å². The molecule has 0 bridgehead atoms. The maximum atomic E-state index is 14.6. The number of carbonyl (C=O) groups is 1. The fraction of sp³-hybridized carbons (Fsp3) is 0.222. The van der Waals surface area contributed by atoms with Crippen LogP contribution in [0.5, 0.6) is 0 Å². The van der Waals surface area contributed by atoms with E-state index in [1.807, 2.05) is 0 Å². The molecule has 0 saturated heterocycles. The molecular weight excluding hydrogens is 339 g/mol. The van der Waals surface area contributed by atoms with Crippen molar-refractivity contribution in [3.8, 4) is 23.3 Å². The molecule has 1 aromatic heterocycles. The third-order valence-corrected chi connectivity index (χ3v) is 3.34. The van der Waals surface area contributed by atoms with Gasteiger partial charge in [0.15, 0.2) is 0 Å². The lowest BCUT2D eigenvalue weighted by molar-refractivity contribution is 0.00690. The second-order valence-corrected chi connectivity index (χ2v) is 6.41. The van der Waals surface area contributed by atoms with Crippen LogP contribution in [0.25, 0.3) is 11.1 Å². The zero-order valence-electron chi connectivity index (χ0n) is 14.3. The minimum atomic E-state index is -0.897. The molecule has 7 nitrogen and oxygen atoms in total. The molecule has 0 aliphatic rings. The molecule has 1 aromatic carbocycles. The Balaban J connectivity index is 2.66. The highest BCUT2D eigenvalue weighted by molar-refractivity contribution is 5.91. The molecule has 132 valence electrons. The molecule has 0 spiro atoms. The summed E-state index contributed by atoms with van der Waals surface area (Å²) in [7, 11) is 0. The lowest BCUT2D eigenvalue weighted by Gasteiger charge is -2.19. The smallest absolute Gasteiger partial charge is 0.338 e. The van der Waals surface area contributed by atoms with Crippen molar-refractivity contribution in [3.05, 3.63) is 51.1 Å². The van der Waals surface area contributed by atoms with Gasteiger partial charge in [0.2, 0.25) is 0 Å². The van der Waals surface area contributed by atoms with E-state index in [2.05, 4.69) is 4.98 Å². The zero-order chi connectivity index (χ0) is 19.6. The van der Waals surface area contributed by atoms with Gasteiger partial charge in [0, 0.05) is 11.1 Å². The Bertz CT molecular complexity index is 1040. The molecular formula is C18H15FN4O3. The Morgan fingerprint density at radius 3 is 2.35 bits per heavy atom. The minimum absolute atomic E-state index is 0.0454. The number of nitrogens with two attached hydrogens (primary N) is 1. The predicted molar refractivity (Wildman–Crippen MR) is 91.5 cm³/mol. The quantitative estimate of drug-likeness (QED) is 0.796. The number of nitrogens with zero attached hydrogens (tertiary/aromatic N) is 2. The largest absolute Gasteiger partial charge is 0.456 e. The van der Waals surface area contributed by atoms with Crippen LogP contribution in [0.15, 0.2) is 23.0 Å². The molecule has 0 aliphatic carbocycles. The summed E-state index contributed by atoms with van der Waals surface area (Å²) >= 11 is 0. The average Bonchev–Trinajstić information content (AvgIpc) is 2.52. The van der Waals surface area contributed by atoms with Crippen LogP contribution in [0.3, 0.4) is 0 Å². The predicted octanol–water partition coefficient (Wildman–Crippen LogP) is 2.46. The van der Waals surface area contributed by atoms with Crippen LogP contribution in [-0.2, 0) is 4.74 Å². The normalized spacial score (nSPS) is 10.7. The van der Waals surface area contributed by atoms with E-state index in [0.717, 1.165) is 6.07 Å². The lowest BCUT2D eigenvalue weighted by Crippen LogP contribution is -2.24. The molecule has 26 heavy (non-hydrogen) atoms. The summed E-state index contributed by atoms with van der Waals surface area (Å²) in [6.07, 6.45) is 0. The van der Waals surface area contributed by atoms with Gasteiger partial charge in [0.05, 0.1) is 5.56 Å². The molecule has 0 aliphatic heterocycles. The third kappa shape index (κ3) is 3.55. The van der Waals surface area contributed by atoms with Crippen molar-refractivity contribution in [1.82, 2.24) is 4.98 Å². The van der Waals surface area contributed by atoms with E-state index in [1.165, 1.54) is 12.1 Å². The Hall–Kier alpha value is -3.65. The van der Waals surface area contributed by atoms with Gasteiger partial charge in [-0.15, -0.1) is 0 Å². The number of anilines is 1. The fourth-order valence-corrected chi connectivity index (χ4v) is 2.29. The summed E-state index contributed by atoms with van der Waals surface area (Å²) in [5.41, 5.74) is 2.88. The first-order valence-corrected chi connectivity index (χ1v) is 7.48. The van der Waals surface area contributed by atoms with Crippen molar-refractivity contribution in [3.63, 3.8) is 0 Å². The van der Waals surface area contributed by atoms with Gasteiger partial charge in [0.25, 0.3) is 5.56 Å². The highest BCUT2D eigenvalue weighted by Crippen LogP contribution is 2.31. The SMILES string of the molecule is CC(C)(C)OC(=O)c1ccc(-c2c(C#N)c(N)[nH]c(=O)c2C#N)c(F)c1. The summed E-state index contributed by atoms with van der Waals surface area (Å²) in [6.45, 7) is 5.02. The van der Waals surface area contributed by atoms with E-state index in [-0.39, 0.29) is 28.1 Å². The molecule has 2 aromatic rings. The monoisotopic (exact) mass is 354 g/mol. The first-order valence-electron chi connectivity index (χ1n) is 7.48. The summed E-state index contributed by atoms with van der Waals surface area (Å²) in [6, 6.07) is 6.81. The van der Waals surface area contributed by atoms with Crippen LogP contribution < -0.4 is 11.3 Å². The van der Waals surface area contributed by atoms with Crippen molar-refractivity contribution in [1.29, 1.82) is 10.5 Å². The molecule has 0 amide bonds. The number of hydrogen-bond donors (Lipinski definition) is 2. The summed E-state index contributed by atoms with van der Waals surface area (Å²) in [4.78, 5) is 26.1. The molecule has 0 fully saturated rings. The van der Waals surface area contributed by atoms with Crippen molar-refractivity contribution in [2.45, 2.75) is 26.4 Å². The van der Waals surface area contributed by atoms with Gasteiger partial charge >= 0.3 is 5.97 Å². The van der Waals surface area contributed by atoms with Crippen LogP contribution in [0.4, 0.5) is 10.2 Å². The number of rotatable bonds is 2. The first-order chi connectivity index (χ1) is 12.1. The van der Waals surface area contributed by atoms with E-state index in [1.54, 1.807) is 32.9 Å². The van der Waals surface area contributed by atoms with Crippen LogP contribution in [0, 0.1) is 28.5 Å². The number of halogens is 1. The summed E-state index contributed by atoms with van der Waals surface area (Å²) < 4.78 is 19.8. The number of pyridine rings is 1. The molecule has 0 saturated carbocycles. The van der Waals surface area contributed by atoms with Crippen LogP contribution in [0.1, 0.15) is 42.3 Å². The first kappa shape index (κ1) is 18.7.